The second-order valence-corrected chi connectivity index (χ2v) is 8.41. The molecule has 0 amide bonds. The number of fused-ring (bicyclic) bond motifs is 2. The average Bonchev–Trinajstić information content (AvgIpc) is 3.23. The van der Waals surface area contributed by atoms with Crippen molar-refractivity contribution in [2.75, 3.05) is 18.0 Å². The van der Waals surface area contributed by atoms with Gasteiger partial charge in [-0.2, -0.15) is 0 Å². The number of rotatable bonds is 7. The van der Waals surface area contributed by atoms with Crippen molar-refractivity contribution >= 4 is 33.9 Å². The number of carboxylic acid groups (broad SMARTS) is 1. The fourth-order valence-electron chi connectivity index (χ4n) is 4.50. The zero-order valence-corrected chi connectivity index (χ0v) is 19.7. The number of benzene rings is 2. The number of nitrogens with zero attached hydrogens (tertiary/aromatic N) is 5. The van der Waals surface area contributed by atoms with Crippen molar-refractivity contribution < 1.29 is 9.90 Å². The van der Waals surface area contributed by atoms with Crippen LogP contribution < -0.4 is 10.5 Å². The van der Waals surface area contributed by atoms with Crippen molar-refractivity contribution in [2.24, 2.45) is 7.05 Å². The summed E-state index contributed by atoms with van der Waals surface area (Å²) in [4.78, 5) is 36.5. The van der Waals surface area contributed by atoms with E-state index >= 15 is 0 Å². The van der Waals surface area contributed by atoms with Crippen LogP contribution >= 0.6 is 0 Å². The first-order valence-electron chi connectivity index (χ1n) is 11.2. The zero-order chi connectivity index (χ0) is 23.9. The van der Waals surface area contributed by atoms with Gasteiger partial charge in [-0.15, -0.1) is 0 Å². The Morgan fingerprint density at radius 2 is 1.97 bits per heavy atom. The largest absolute Gasteiger partial charge is 0.478 e. The smallest absolute Gasteiger partial charge is 0.337 e. The van der Waals surface area contributed by atoms with E-state index in [1.165, 1.54) is 0 Å². The molecule has 0 radical (unpaired) electrons. The van der Waals surface area contributed by atoms with E-state index in [9.17, 15) is 14.7 Å². The van der Waals surface area contributed by atoms with Crippen molar-refractivity contribution in [3.63, 3.8) is 0 Å². The fourth-order valence-corrected chi connectivity index (χ4v) is 4.50. The van der Waals surface area contributed by atoms with Crippen LogP contribution in [0.4, 0.5) is 5.95 Å². The Kier molecular flexibility index (Phi) is 5.93. The van der Waals surface area contributed by atoms with Gasteiger partial charge in [-0.3, -0.25) is 9.36 Å². The summed E-state index contributed by atoms with van der Waals surface area (Å²) >= 11 is 0. The Hall–Kier alpha value is -3.68. The average molecular weight is 448 g/mol. The summed E-state index contributed by atoms with van der Waals surface area (Å²) in [5.74, 6) is -0.359. The van der Waals surface area contributed by atoms with Gasteiger partial charge in [0.25, 0.3) is 5.56 Å². The SMILES string of the molecule is CCCN(CC)c1nc2c(C(C)n3cnc4c(C(=O)O)cccc43)cc(C)cc2c(=O)n1C. The second-order valence-electron chi connectivity index (χ2n) is 8.41. The predicted molar refractivity (Wildman–Crippen MR) is 130 cm³/mol. The minimum atomic E-state index is -1.01. The predicted octanol–water partition coefficient (Wildman–Crippen LogP) is 4.14. The molecular weight excluding hydrogens is 418 g/mol. The van der Waals surface area contributed by atoms with Crippen molar-refractivity contribution in [3.8, 4) is 0 Å². The summed E-state index contributed by atoms with van der Waals surface area (Å²) in [7, 11) is 1.77. The van der Waals surface area contributed by atoms with Gasteiger partial charge < -0.3 is 14.6 Å². The summed E-state index contributed by atoms with van der Waals surface area (Å²) in [6.45, 7) is 9.71. The van der Waals surface area contributed by atoms with Gasteiger partial charge in [-0.1, -0.05) is 19.1 Å². The van der Waals surface area contributed by atoms with Crippen molar-refractivity contribution in [1.82, 2.24) is 19.1 Å². The number of anilines is 1. The molecule has 2 aromatic heterocycles. The van der Waals surface area contributed by atoms with Crippen molar-refractivity contribution in [1.29, 1.82) is 0 Å². The molecule has 1 atom stereocenters. The Balaban J connectivity index is 1.97. The van der Waals surface area contributed by atoms with Crippen LogP contribution in [0, 0.1) is 6.92 Å². The summed E-state index contributed by atoms with van der Waals surface area (Å²) in [5, 5.41) is 10.1. The molecule has 0 spiro atoms. The number of hydrogen-bond acceptors (Lipinski definition) is 5. The van der Waals surface area contributed by atoms with Gasteiger partial charge in [-0.05, 0) is 51.0 Å². The lowest BCUT2D eigenvalue weighted by Gasteiger charge is -2.25. The molecule has 0 aliphatic rings. The summed E-state index contributed by atoms with van der Waals surface area (Å²) < 4.78 is 3.57. The summed E-state index contributed by atoms with van der Waals surface area (Å²) in [5.41, 5.74) is 3.78. The molecule has 0 fully saturated rings. The monoisotopic (exact) mass is 447 g/mol. The number of imidazole rings is 1. The standard InChI is InChI=1S/C25H29N5O3/c1-6-11-29(7-2)25-27-21-18(12-15(3)13-19(21)23(31)28(25)5)16(4)30-14-26-22-17(24(32)33)9-8-10-20(22)30/h8-10,12-14,16H,6-7,11H2,1-5H3,(H,32,33). The van der Waals surface area contributed by atoms with Crippen LogP contribution in [-0.4, -0.2) is 43.3 Å². The van der Waals surface area contributed by atoms with Gasteiger partial charge in [0.15, 0.2) is 0 Å². The molecule has 1 unspecified atom stereocenters. The van der Waals surface area contributed by atoms with Crippen LogP contribution in [-0.2, 0) is 7.05 Å². The van der Waals surface area contributed by atoms with Gasteiger partial charge in [-0.25, -0.2) is 14.8 Å². The maximum Gasteiger partial charge on any atom is 0.337 e. The Morgan fingerprint density at radius 3 is 2.64 bits per heavy atom. The van der Waals surface area contributed by atoms with E-state index in [-0.39, 0.29) is 17.2 Å². The molecule has 33 heavy (non-hydrogen) atoms. The molecule has 1 N–H and O–H groups in total. The third-order valence-electron chi connectivity index (χ3n) is 6.19. The normalized spacial score (nSPS) is 12.4. The molecule has 0 saturated carbocycles. The molecule has 2 aromatic carbocycles. The van der Waals surface area contributed by atoms with E-state index in [0.717, 1.165) is 36.2 Å². The van der Waals surface area contributed by atoms with Gasteiger partial charge in [0.1, 0.15) is 5.52 Å². The maximum atomic E-state index is 13.3. The van der Waals surface area contributed by atoms with Crippen molar-refractivity contribution in [3.05, 3.63) is 63.7 Å². The van der Waals surface area contributed by atoms with E-state index in [1.54, 1.807) is 30.1 Å². The highest BCUT2D eigenvalue weighted by molar-refractivity contribution is 6.01. The van der Waals surface area contributed by atoms with E-state index in [0.29, 0.717) is 22.4 Å². The lowest BCUT2D eigenvalue weighted by atomic mass is 10.0. The number of aromatic carboxylic acids is 1. The van der Waals surface area contributed by atoms with E-state index < -0.39 is 5.97 Å². The fraction of sp³-hybridized carbons (Fsp3) is 0.360. The molecule has 8 nitrogen and oxygen atoms in total. The number of aryl methyl sites for hydroxylation is 1. The minimum absolute atomic E-state index is 0.0784. The van der Waals surface area contributed by atoms with Crippen LogP contribution in [0.25, 0.3) is 21.9 Å². The first kappa shape index (κ1) is 22.5. The molecule has 0 saturated heterocycles. The Morgan fingerprint density at radius 1 is 1.21 bits per heavy atom. The molecular formula is C25H29N5O3. The highest BCUT2D eigenvalue weighted by Gasteiger charge is 2.21. The third-order valence-corrected chi connectivity index (χ3v) is 6.19. The van der Waals surface area contributed by atoms with Gasteiger partial charge >= 0.3 is 5.97 Å². The lowest BCUT2D eigenvalue weighted by Crippen LogP contribution is -2.32. The van der Waals surface area contributed by atoms with E-state index in [1.807, 2.05) is 36.6 Å². The van der Waals surface area contributed by atoms with Gasteiger partial charge in [0.05, 0.1) is 34.4 Å². The lowest BCUT2D eigenvalue weighted by molar-refractivity contribution is 0.0699. The summed E-state index contributed by atoms with van der Waals surface area (Å²) in [6.07, 6.45) is 2.61. The van der Waals surface area contributed by atoms with Crippen LogP contribution in [0.2, 0.25) is 0 Å². The highest BCUT2D eigenvalue weighted by atomic mass is 16.4. The molecule has 2 heterocycles. The van der Waals surface area contributed by atoms with Crippen LogP contribution in [0.15, 0.2) is 41.5 Å². The van der Waals surface area contributed by atoms with Crippen LogP contribution in [0.1, 0.15) is 54.7 Å². The Labute approximate surface area is 192 Å². The highest BCUT2D eigenvalue weighted by Crippen LogP contribution is 2.30. The molecule has 4 aromatic rings. The molecule has 0 bridgehead atoms. The topological polar surface area (TPSA) is 93.2 Å². The van der Waals surface area contributed by atoms with E-state index in [2.05, 4.69) is 23.7 Å². The van der Waals surface area contributed by atoms with Crippen molar-refractivity contribution in [2.45, 2.75) is 40.2 Å². The minimum Gasteiger partial charge on any atom is -0.478 e. The van der Waals surface area contributed by atoms with Crippen LogP contribution in [0.5, 0.6) is 0 Å². The summed E-state index contributed by atoms with van der Waals surface area (Å²) in [6, 6.07) is 8.86. The van der Waals surface area contributed by atoms with Gasteiger partial charge in [0.2, 0.25) is 5.95 Å². The zero-order valence-electron chi connectivity index (χ0n) is 19.7. The second kappa shape index (κ2) is 8.69. The number of aromatic nitrogens is 4. The van der Waals surface area contributed by atoms with Gasteiger partial charge in [0, 0.05) is 25.7 Å². The molecule has 172 valence electrons. The number of para-hydroxylation sites is 1. The maximum absolute atomic E-state index is 13.3. The quantitative estimate of drug-likeness (QED) is 0.458. The first-order chi connectivity index (χ1) is 15.8. The first-order valence-corrected chi connectivity index (χ1v) is 11.2. The number of carbonyl (C=O) groups is 1. The molecule has 8 heteroatoms. The third kappa shape index (κ3) is 3.75. The Bertz CT molecular complexity index is 1420. The molecule has 4 rings (SSSR count). The number of carboxylic acids is 1. The molecule has 0 aliphatic carbocycles. The van der Waals surface area contributed by atoms with Crippen LogP contribution in [0.3, 0.4) is 0 Å². The van der Waals surface area contributed by atoms with E-state index in [4.69, 9.17) is 4.98 Å². The molecule has 0 aliphatic heterocycles. The number of hydrogen-bond donors (Lipinski definition) is 1.